The van der Waals surface area contributed by atoms with Crippen LogP contribution in [0.15, 0.2) is 46.9 Å². The monoisotopic (exact) mass is 416 g/mol. The first kappa shape index (κ1) is 15.9. The molecule has 0 bridgehead atoms. The van der Waals surface area contributed by atoms with Gasteiger partial charge in [-0.3, -0.25) is 0 Å². The van der Waals surface area contributed by atoms with Crippen molar-refractivity contribution >= 4 is 43.5 Å². The number of halogens is 3. The first-order valence-electron chi connectivity index (χ1n) is 6.33. The van der Waals surface area contributed by atoms with Crippen LogP contribution in [0.25, 0.3) is 0 Å². The molecular weight excluding hydrogens is 403 g/mol. The van der Waals surface area contributed by atoms with Crippen LogP contribution in [0.2, 0.25) is 5.02 Å². The molecule has 1 atom stereocenters. The molecule has 0 aromatic heterocycles. The summed E-state index contributed by atoms with van der Waals surface area (Å²) >= 11 is 13.5. The molecule has 2 rings (SSSR count). The van der Waals surface area contributed by atoms with Crippen molar-refractivity contribution in [1.82, 2.24) is 0 Å². The maximum Gasteiger partial charge on any atom is 0.119 e. The first-order chi connectivity index (χ1) is 9.47. The van der Waals surface area contributed by atoms with E-state index < -0.39 is 0 Å². The predicted molar refractivity (Wildman–Crippen MR) is 92.1 cm³/mol. The van der Waals surface area contributed by atoms with E-state index in [2.05, 4.69) is 31.9 Å². The SMILES string of the molecule is CC(C)Oc1ccc(C(Br)c2cc(Br)ccc2Cl)cc1. The highest BCUT2D eigenvalue weighted by Gasteiger charge is 2.14. The molecule has 2 aromatic rings. The van der Waals surface area contributed by atoms with Gasteiger partial charge in [0.25, 0.3) is 0 Å². The van der Waals surface area contributed by atoms with E-state index in [1.54, 1.807) is 0 Å². The standard InChI is InChI=1S/C16H15Br2ClO/c1-10(2)20-13-6-3-11(4-7-13)16(18)14-9-12(17)5-8-15(14)19/h3-10,16H,1-2H3. The maximum absolute atomic E-state index is 6.27. The van der Waals surface area contributed by atoms with Gasteiger partial charge in [-0.05, 0) is 55.3 Å². The highest BCUT2D eigenvalue weighted by Crippen LogP contribution is 2.37. The van der Waals surface area contributed by atoms with E-state index in [0.717, 1.165) is 26.4 Å². The summed E-state index contributed by atoms with van der Waals surface area (Å²) in [5, 5.41) is 0.748. The van der Waals surface area contributed by atoms with Crippen LogP contribution < -0.4 is 4.74 Å². The van der Waals surface area contributed by atoms with Gasteiger partial charge in [-0.2, -0.15) is 0 Å². The summed E-state index contributed by atoms with van der Waals surface area (Å²) in [7, 11) is 0. The van der Waals surface area contributed by atoms with E-state index in [9.17, 15) is 0 Å². The van der Waals surface area contributed by atoms with Gasteiger partial charge in [0.15, 0.2) is 0 Å². The number of rotatable bonds is 4. The number of ether oxygens (including phenoxy) is 1. The van der Waals surface area contributed by atoms with Crippen molar-refractivity contribution in [3.63, 3.8) is 0 Å². The smallest absolute Gasteiger partial charge is 0.119 e. The second-order valence-electron chi connectivity index (χ2n) is 4.76. The highest BCUT2D eigenvalue weighted by atomic mass is 79.9. The Labute approximate surface area is 141 Å². The van der Waals surface area contributed by atoms with E-state index in [1.165, 1.54) is 0 Å². The second kappa shape index (κ2) is 6.97. The van der Waals surface area contributed by atoms with Crippen LogP contribution in [0.5, 0.6) is 5.75 Å². The Bertz CT molecular complexity index is 582. The molecule has 0 N–H and O–H groups in total. The zero-order valence-electron chi connectivity index (χ0n) is 11.2. The van der Waals surface area contributed by atoms with Gasteiger partial charge in [0.2, 0.25) is 0 Å². The largest absolute Gasteiger partial charge is 0.491 e. The fourth-order valence-electron chi connectivity index (χ4n) is 1.88. The van der Waals surface area contributed by atoms with Crippen LogP contribution in [0.1, 0.15) is 29.8 Å². The minimum Gasteiger partial charge on any atom is -0.491 e. The van der Waals surface area contributed by atoms with Gasteiger partial charge < -0.3 is 4.74 Å². The molecule has 0 aliphatic rings. The first-order valence-corrected chi connectivity index (χ1v) is 8.41. The van der Waals surface area contributed by atoms with Crippen LogP contribution in [-0.4, -0.2) is 6.10 Å². The van der Waals surface area contributed by atoms with Gasteiger partial charge in [0, 0.05) is 9.50 Å². The van der Waals surface area contributed by atoms with Gasteiger partial charge in [0.05, 0.1) is 10.9 Å². The minimum absolute atomic E-state index is 0.0561. The summed E-state index contributed by atoms with van der Waals surface area (Å²) in [6.45, 7) is 4.03. The van der Waals surface area contributed by atoms with E-state index in [4.69, 9.17) is 16.3 Å². The average Bonchev–Trinajstić information content (AvgIpc) is 2.41. The molecule has 0 saturated heterocycles. The quantitative estimate of drug-likeness (QED) is 0.524. The molecule has 0 amide bonds. The van der Waals surface area contributed by atoms with E-state index in [-0.39, 0.29) is 10.9 Å². The number of alkyl halides is 1. The summed E-state index contributed by atoms with van der Waals surface area (Å²) in [6.07, 6.45) is 0.181. The average molecular weight is 419 g/mol. The van der Waals surface area contributed by atoms with Crippen LogP contribution in [0, 0.1) is 0 Å². The van der Waals surface area contributed by atoms with Gasteiger partial charge >= 0.3 is 0 Å². The molecule has 0 aliphatic heterocycles. The molecule has 0 radical (unpaired) electrons. The second-order valence-corrected chi connectivity index (χ2v) is 7.00. The van der Waals surface area contributed by atoms with Crippen LogP contribution in [0.4, 0.5) is 0 Å². The van der Waals surface area contributed by atoms with Crippen molar-refractivity contribution in [2.75, 3.05) is 0 Å². The van der Waals surface area contributed by atoms with Crippen molar-refractivity contribution in [2.24, 2.45) is 0 Å². The number of hydrogen-bond acceptors (Lipinski definition) is 1. The molecule has 0 aliphatic carbocycles. The van der Waals surface area contributed by atoms with Crippen molar-refractivity contribution in [1.29, 1.82) is 0 Å². The van der Waals surface area contributed by atoms with Gasteiger partial charge in [-0.1, -0.05) is 55.6 Å². The molecule has 0 heterocycles. The maximum atomic E-state index is 6.27. The Balaban J connectivity index is 2.24. The Hall–Kier alpha value is -0.510. The zero-order chi connectivity index (χ0) is 14.7. The third-order valence-electron chi connectivity index (χ3n) is 2.78. The van der Waals surface area contributed by atoms with Crippen LogP contribution >= 0.6 is 43.5 Å². The Morgan fingerprint density at radius 3 is 2.30 bits per heavy atom. The molecule has 0 saturated carbocycles. The molecular formula is C16H15Br2ClO. The van der Waals surface area contributed by atoms with Crippen LogP contribution in [0.3, 0.4) is 0 Å². The Kier molecular flexibility index (Phi) is 5.53. The fraction of sp³-hybridized carbons (Fsp3) is 0.250. The van der Waals surface area contributed by atoms with Crippen molar-refractivity contribution in [3.05, 3.63) is 63.1 Å². The molecule has 0 spiro atoms. The topological polar surface area (TPSA) is 9.23 Å². The van der Waals surface area contributed by atoms with Gasteiger partial charge in [-0.15, -0.1) is 0 Å². The summed E-state index contributed by atoms with van der Waals surface area (Å²) < 4.78 is 6.66. The summed E-state index contributed by atoms with van der Waals surface area (Å²) in [6, 6.07) is 13.9. The molecule has 0 fully saturated rings. The fourth-order valence-corrected chi connectivity index (χ4v) is 3.30. The molecule has 106 valence electrons. The van der Waals surface area contributed by atoms with E-state index in [1.807, 2.05) is 56.3 Å². The Morgan fingerprint density at radius 1 is 1.05 bits per heavy atom. The van der Waals surface area contributed by atoms with Crippen LogP contribution in [-0.2, 0) is 0 Å². The molecule has 4 heteroatoms. The lowest BCUT2D eigenvalue weighted by atomic mass is 10.0. The minimum atomic E-state index is 0.0561. The van der Waals surface area contributed by atoms with Gasteiger partial charge in [0.1, 0.15) is 5.75 Å². The van der Waals surface area contributed by atoms with Gasteiger partial charge in [-0.25, -0.2) is 0 Å². The van der Waals surface area contributed by atoms with E-state index in [0.29, 0.717) is 0 Å². The molecule has 1 nitrogen and oxygen atoms in total. The highest BCUT2D eigenvalue weighted by molar-refractivity contribution is 9.10. The van der Waals surface area contributed by atoms with E-state index >= 15 is 0 Å². The van der Waals surface area contributed by atoms with Crippen molar-refractivity contribution < 1.29 is 4.74 Å². The molecule has 2 aromatic carbocycles. The third kappa shape index (κ3) is 4.00. The zero-order valence-corrected chi connectivity index (χ0v) is 15.2. The summed E-state index contributed by atoms with van der Waals surface area (Å²) in [4.78, 5) is 0.0561. The lowest BCUT2D eigenvalue weighted by molar-refractivity contribution is 0.242. The predicted octanol–water partition coefficient (Wildman–Crippen LogP) is 6.37. The van der Waals surface area contributed by atoms with Crippen molar-refractivity contribution in [2.45, 2.75) is 24.8 Å². The molecule has 1 unspecified atom stereocenters. The number of hydrogen-bond donors (Lipinski definition) is 0. The summed E-state index contributed by atoms with van der Waals surface area (Å²) in [5.41, 5.74) is 2.18. The normalized spacial score (nSPS) is 12.5. The lowest BCUT2D eigenvalue weighted by Crippen LogP contribution is -2.05. The molecule has 20 heavy (non-hydrogen) atoms. The Morgan fingerprint density at radius 2 is 1.70 bits per heavy atom. The third-order valence-corrected chi connectivity index (χ3v) is 4.64. The number of benzene rings is 2. The van der Waals surface area contributed by atoms with Crippen molar-refractivity contribution in [3.8, 4) is 5.75 Å². The summed E-state index contributed by atoms with van der Waals surface area (Å²) in [5.74, 6) is 0.879. The lowest BCUT2D eigenvalue weighted by Gasteiger charge is -2.15.